The number of benzene rings is 2. The van der Waals surface area contributed by atoms with Crippen LogP contribution in [0.3, 0.4) is 0 Å². The van der Waals surface area contributed by atoms with Crippen molar-refractivity contribution in [1.82, 2.24) is 5.32 Å². The summed E-state index contributed by atoms with van der Waals surface area (Å²) in [5, 5.41) is 6.50. The van der Waals surface area contributed by atoms with Gasteiger partial charge >= 0.3 is 0 Å². The lowest BCUT2D eigenvalue weighted by molar-refractivity contribution is -0.118. The van der Waals surface area contributed by atoms with Crippen LogP contribution in [0.25, 0.3) is 0 Å². The van der Waals surface area contributed by atoms with E-state index in [0.717, 1.165) is 17.8 Å². The highest BCUT2D eigenvalue weighted by molar-refractivity contribution is 6.30. The Kier molecular flexibility index (Phi) is 5.60. The van der Waals surface area contributed by atoms with Gasteiger partial charge in [0, 0.05) is 17.3 Å². The monoisotopic (exact) mass is 304 g/mol. The van der Waals surface area contributed by atoms with Crippen LogP contribution in [-0.4, -0.2) is 19.6 Å². The third kappa shape index (κ3) is 5.10. The van der Waals surface area contributed by atoms with E-state index in [1.807, 2.05) is 31.3 Å². The number of anilines is 1. The molecule has 110 valence electrons. The van der Waals surface area contributed by atoms with Gasteiger partial charge in [-0.15, -0.1) is 0 Å². The maximum Gasteiger partial charge on any atom is 0.262 e. The van der Waals surface area contributed by atoms with Crippen LogP contribution in [-0.2, 0) is 11.3 Å². The fourth-order valence-corrected chi connectivity index (χ4v) is 1.97. The highest BCUT2D eigenvalue weighted by Crippen LogP contribution is 2.15. The van der Waals surface area contributed by atoms with E-state index in [1.165, 1.54) is 0 Å². The number of ether oxygens (including phenoxy) is 1. The maximum absolute atomic E-state index is 11.8. The van der Waals surface area contributed by atoms with Crippen LogP contribution in [0.1, 0.15) is 5.56 Å². The fraction of sp³-hybridized carbons (Fsp3) is 0.188. The van der Waals surface area contributed by atoms with Gasteiger partial charge in [0.05, 0.1) is 0 Å². The second-order valence-corrected chi connectivity index (χ2v) is 4.96. The van der Waals surface area contributed by atoms with Crippen LogP contribution in [0.5, 0.6) is 5.75 Å². The molecule has 0 bridgehead atoms. The predicted molar refractivity (Wildman–Crippen MR) is 84.8 cm³/mol. The van der Waals surface area contributed by atoms with Gasteiger partial charge in [-0.05, 0) is 49.0 Å². The van der Waals surface area contributed by atoms with Gasteiger partial charge in [-0.2, -0.15) is 0 Å². The fourth-order valence-electron chi connectivity index (χ4n) is 1.84. The molecule has 0 aliphatic carbocycles. The molecule has 0 spiro atoms. The molecule has 0 aliphatic heterocycles. The topological polar surface area (TPSA) is 50.4 Å². The molecule has 4 nitrogen and oxygen atoms in total. The zero-order chi connectivity index (χ0) is 15.1. The zero-order valence-electron chi connectivity index (χ0n) is 11.7. The van der Waals surface area contributed by atoms with Gasteiger partial charge in [0.25, 0.3) is 5.91 Å². The summed E-state index contributed by atoms with van der Waals surface area (Å²) < 4.78 is 5.39. The van der Waals surface area contributed by atoms with Crippen molar-refractivity contribution < 1.29 is 9.53 Å². The Labute approximate surface area is 129 Å². The second kappa shape index (κ2) is 7.67. The summed E-state index contributed by atoms with van der Waals surface area (Å²) in [6.45, 7) is 0.711. The molecule has 0 fully saturated rings. The number of rotatable bonds is 6. The molecule has 2 aromatic rings. The number of hydrogen-bond acceptors (Lipinski definition) is 3. The Bertz CT molecular complexity index is 599. The van der Waals surface area contributed by atoms with E-state index in [1.54, 1.807) is 24.3 Å². The summed E-state index contributed by atoms with van der Waals surface area (Å²) in [5.41, 5.74) is 1.86. The predicted octanol–water partition coefficient (Wildman–Crippen LogP) is 3.08. The van der Waals surface area contributed by atoms with Crippen molar-refractivity contribution in [1.29, 1.82) is 0 Å². The summed E-state index contributed by atoms with van der Waals surface area (Å²) in [5.74, 6) is 0.407. The first-order valence-corrected chi connectivity index (χ1v) is 6.97. The Morgan fingerprint density at radius 2 is 1.95 bits per heavy atom. The van der Waals surface area contributed by atoms with Gasteiger partial charge in [-0.25, -0.2) is 0 Å². The Hall–Kier alpha value is -2.04. The Morgan fingerprint density at radius 1 is 1.19 bits per heavy atom. The molecule has 0 radical (unpaired) electrons. The van der Waals surface area contributed by atoms with Gasteiger partial charge in [-0.3, -0.25) is 4.79 Å². The smallest absolute Gasteiger partial charge is 0.262 e. The molecule has 0 heterocycles. The van der Waals surface area contributed by atoms with Crippen LogP contribution in [0.2, 0.25) is 5.02 Å². The molecule has 2 rings (SSSR count). The average molecular weight is 305 g/mol. The van der Waals surface area contributed by atoms with Crippen molar-refractivity contribution in [2.45, 2.75) is 6.54 Å². The molecule has 21 heavy (non-hydrogen) atoms. The lowest BCUT2D eigenvalue weighted by Crippen LogP contribution is -2.20. The van der Waals surface area contributed by atoms with E-state index < -0.39 is 0 Å². The number of hydrogen-bond donors (Lipinski definition) is 2. The minimum Gasteiger partial charge on any atom is -0.484 e. The molecule has 0 unspecified atom stereocenters. The molecular formula is C16H17ClN2O2. The van der Waals surface area contributed by atoms with Crippen LogP contribution in [0, 0.1) is 0 Å². The molecule has 0 saturated carbocycles. The first-order valence-electron chi connectivity index (χ1n) is 6.59. The standard InChI is InChI=1S/C16H17ClN2O2/c1-18-10-12-3-2-4-14(9-12)19-16(20)11-21-15-7-5-13(17)6-8-15/h2-9,18H,10-11H2,1H3,(H,19,20). The van der Waals surface area contributed by atoms with Gasteiger partial charge in [0.1, 0.15) is 5.75 Å². The Morgan fingerprint density at radius 3 is 2.67 bits per heavy atom. The maximum atomic E-state index is 11.8. The third-order valence-electron chi connectivity index (χ3n) is 2.78. The number of amides is 1. The highest BCUT2D eigenvalue weighted by atomic mass is 35.5. The van der Waals surface area contributed by atoms with Crippen molar-refractivity contribution in [2.24, 2.45) is 0 Å². The summed E-state index contributed by atoms with van der Waals surface area (Å²) in [7, 11) is 1.88. The van der Waals surface area contributed by atoms with Crippen LogP contribution < -0.4 is 15.4 Å². The van der Waals surface area contributed by atoms with Gasteiger partial charge in [0.2, 0.25) is 0 Å². The Balaban J connectivity index is 1.86. The number of nitrogens with one attached hydrogen (secondary N) is 2. The number of carbonyl (C=O) groups excluding carboxylic acids is 1. The van der Waals surface area contributed by atoms with E-state index in [2.05, 4.69) is 10.6 Å². The summed E-state index contributed by atoms with van der Waals surface area (Å²) >= 11 is 5.78. The van der Waals surface area contributed by atoms with Crippen molar-refractivity contribution in [3.63, 3.8) is 0 Å². The normalized spacial score (nSPS) is 10.2. The average Bonchev–Trinajstić information content (AvgIpc) is 2.47. The molecule has 5 heteroatoms. The highest BCUT2D eigenvalue weighted by Gasteiger charge is 2.04. The van der Waals surface area contributed by atoms with E-state index in [-0.39, 0.29) is 12.5 Å². The zero-order valence-corrected chi connectivity index (χ0v) is 12.5. The van der Waals surface area contributed by atoms with Crippen molar-refractivity contribution >= 4 is 23.2 Å². The first kappa shape index (κ1) is 15.4. The minimum atomic E-state index is -0.202. The van der Waals surface area contributed by atoms with E-state index in [0.29, 0.717) is 10.8 Å². The molecule has 0 atom stereocenters. The molecule has 2 aromatic carbocycles. The largest absolute Gasteiger partial charge is 0.484 e. The van der Waals surface area contributed by atoms with Crippen molar-refractivity contribution in [3.05, 3.63) is 59.1 Å². The first-order chi connectivity index (χ1) is 10.2. The lowest BCUT2D eigenvalue weighted by Gasteiger charge is -2.09. The molecule has 0 aliphatic rings. The third-order valence-corrected chi connectivity index (χ3v) is 3.03. The van der Waals surface area contributed by atoms with E-state index in [9.17, 15) is 4.79 Å². The van der Waals surface area contributed by atoms with Crippen molar-refractivity contribution in [3.8, 4) is 5.75 Å². The van der Waals surface area contributed by atoms with Crippen LogP contribution in [0.4, 0.5) is 5.69 Å². The molecular weight excluding hydrogens is 288 g/mol. The van der Waals surface area contributed by atoms with Gasteiger partial charge in [-0.1, -0.05) is 23.7 Å². The number of carbonyl (C=O) groups is 1. The number of halogens is 1. The van der Waals surface area contributed by atoms with Gasteiger partial charge in [0.15, 0.2) is 6.61 Å². The van der Waals surface area contributed by atoms with E-state index >= 15 is 0 Å². The molecule has 1 amide bonds. The van der Waals surface area contributed by atoms with Crippen LogP contribution in [0.15, 0.2) is 48.5 Å². The second-order valence-electron chi connectivity index (χ2n) is 4.52. The van der Waals surface area contributed by atoms with Gasteiger partial charge < -0.3 is 15.4 Å². The van der Waals surface area contributed by atoms with E-state index in [4.69, 9.17) is 16.3 Å². The lowest BCUT2D eigenvalue weighted by atomic mass is 10.2. The van der Waals surface area contributed by atoms with Crippen molar-refractivity contribution in [2.75, 3.05) is 19.0 Å². The quantitative estimate of drug-likeness (QED) is 0.862. The summed E-state index contributed by atoms with van der Waals surface area (Å²) in [6.07, 6.45) is 0. The summed E-state index contributed by atoms with van der Waals surface area (Å²) in [6, 6.07) is 14.6. The van der Waals surface area contributed by atoms with Crippen LogP contribution >= 0.6 is 11.6 Å². The summed E-state index contributed by atoms with van der Waals surface area (Å²) in [4.78, 5) is 11.8. The SMILES string of the molecule is CNCc1cccc(NC(=O)COc2ccc(Cl)cc2)c1. The molecule has 2 N–H and O–H groups in total. The minimum absolute atomic E-state index is 0.0438. The molecule has 0 aromatic heterocycles. The molecule has 0 saturated heterocycles.